The molecule has 98 valence electrons. The van der Waals surface area contributed by atoms with Crippen LogP contribution >= 0.6 is 0 Å². The van der Waals surface area contributed by atoms with Gasteiger partial charge in [0.15, 0.2) is 0 Å². The van der Waals surface area contributed by atoms with E-state index in [0.29, 0.717) is 11.6 Å². The van der Waals surface area contributed by atoms with Gasteiger partial charge in [-0.15, -0.1) is 0 Å². The first-order chi connectivity index (χ1) is 8.58. The number of anilines is 1. The Balaban J connectivity index is 2.10. The lowest BCUT2D eigenvalue weighted by atomic mass is 9.91. The van der Waals surface area contributed by atoms with Gasteiger partial charge in [-0.1, -0.05) is 12.8 Å². The van der Waals surface area contributed by atoms with Gasteiger partial charge in [-0.25, -0.2) is 14.8 Å². The smallest absolute Gasteiger partial charge is 0.339 e. The quantitative estimate of drug-likeness (QED) is 0.744. The molecule has 1 aliphatic rings. The maximum atomic E-state index is 10.9. The van der Waals surface area contributed by atoms with E-state index in [1.54, 1.807) is 6.92 Å². The van der Waals surface area contributed by atoms with Gasteiger partial charge in [-0.3, -0.25) is 0 Å². The van der Waals surface area contributed by atoms with Crippen LogP contribution in [0.15, 0.2) is 6.20 Å². The van der Waals surface area contributed by atoms with Crippen molar-refractivity contribution < 1.29 is 9.90 Å². The number of nitrogens with two attached hydrogens (primary N) is 1. The van der Waals surface area contributed by atoms with Gasteiger partial charge in [-0.05, 0) is 19.8 Å². The van der Waals surface area contributed by atoms with E-state index in [4.69, 9.17) is 10.8 Å². The fourth-order valence-corrected chi connectivity index (χ4v) is 2.25. The summed E-state index contributed by atoms with van der Waals surface area (Å²) in [5.41, 5.74) is 6.63. The van der Waals surface area contributed by atoms with E-state index in [9.17, 15) is 4.79 Å². The van der Waals surface area contributed by atoms with Crippen LogP contribution in [0.2, 0.25) is 0 Å². The number of carboxylic acid groups (broad SMARTS) is 1. The third-order valence-corrected chi connectivity index (χ3v) is 3.34. The summed E-state index contributed by atoms with van der Waals surface area (Å²) < 4.78 is 0. The maximum absolute atomic E-state index is 10.9. The summed E-state index contributed by atoms with van der Waals surface area (Å²) >= 11 is 0. The fraction of sp³-hybridized carbons (Fsp3) is 0.583. The molecular weight excluding hydrogens is 232 g/mol. The third kappa shape index (κ3) is 2.76. The Hall–Kier alpha value is -1.69. The average molecular weight is 250 g/mol. The Morgan fingerprint density at radius 2 is 2.22 bits per heavy atom. The number of aromatic nitrogens is 2. The summed E-state index contributed by atoms with van der Waals surface area (Å²) in [6.07, 6.45) is 5.66. The molecule has 1 aromatic heterocycles. The molecule has 0 aliphatic heterocycles. The largest absolute Gasteiger partial charge is 0.478 e. The molecule has 2 unspecified atom stereocenters. The maximum Gasteiger partial charge on any atom is 0.339 e. The molecule has 0 radical (unpaired) electrons. The van der Waals surface area contributed by atoms with Gasteiger partial charge in [0.25, 0.3) is 0 Å². The van der Waals surface area contributed by atoms with Crippen LogP contribution in [0.25, 0.3) is 0 Å². The lowest BCUT2D eigenvalue weighted by Crippen LogP contribution is -2.43. The molecule has 0 spiro atoms. The standard InChI is InChI=1S/C12H18N4O2/c1-7-8(11(17)18)6-14-12(15-7)16-10-5-3-2-4-9(10)13/h6,9-10H,2-5,13H2,1H3,(H,17,18)(H,14,15,16). The SMILES string of the molecule is Cc1nc(NC2CCCCC2N)ncc1C(=O)O. The monoisotopic (exact) mass is 250 g/mol. The summed E-state index contributed by atoms with van der Waals surface area (Å²) in [6, 6.07) is 0.288. The van der Waals surface area contributed by atoms with Crippen LogP contribution in [0.4, 0.5) is 5.95 Å². The molecule has 0 aromatic carbocycles. The number of aryl methyl sites for hydroxylation is 1. The van der Waals surface area contributed by atoms with Gasteiger partial charge in [0.05, 0.1) is 11.3 Å². The molecule has 2 rings (SSSR count). The molecule has 6 heteroatoms. The van der Waals surface area contributed by atoms with Crippen molar-refractivity contribution in [3.05, 3.63) is 17.5 Å². The number of rotatable bonds is 3. The van der Waals surface area contributed by atoms with Crippen molar-refractivity contribution in [3.63, 3.8) is 0 Å². The van der Waals surface area contributed by atoms with Gasteiger partial charge in [-0.2, -0.15) is 0 Å². The van der Waals surface area contributed by atoms with Crippen LogP contribution in [-0.4, -0.2) is 33.1 Å². The summed E-state index contributed by atoms with van der Waals surface area (Å²) in [5.74, 6) is -0.548. The summed E-state index contributed by atoms with van der Waals surface area (Å²) in [5, 5.41) is 12.1. The number of aromatic carboxylic acids is 1. The zero-order chi connectivity index (χ0) is 13.1. The Labute approximate surface area is 106 Å². The molecular formula is C12H18N4O2. The topological polar surface area (TPSA) is 101 Å². The molecule has 0 saturated heterocycles. The van der Waals surface area contributed by atoms with Gasteiger partial charge in [0.1, 0.15) is 0 Å². The first-order valence-electron chi connectivity index (χ1n) is 6.17. The number of carbonyl (C=O) groups is 1. The molecule has 18 heavy (non-hydrogen) atoms. The van der Waals surface area contributed by atoms with Crippen molar-refractivity contribution in [2.75, 3.05) is 5.32 Å². The number of hydrogen-bond acceptors (Lipinski definition) is 5. The zero-order valence-corrected chi connectivity index (χ0v) is 10.4. The molecule has 1 heterocycles. The molecule has 0 amide bonds. The average Bonchev–Trinajstić information content (AvgIpc) is 2.32. The molecule has 2 atom stereocenters. The molecule has 1 aliphatic carbocycles. The van der Waals surface area contributed by atoms with Crippen molar-refractivity contribution in [3.8, 4) is 0 Å². The molecule has 0 bridgehead atoms. The van der Waals surface area contributed by atoms with Gasteiger partial charge in [0, 0.05) is 18.3 Å². The van der Waals surface area contributed by atoms with Gasteiger partial charge < -0.3 is 16.2 Å². The molecule has 1 saturated carbocycles. The Kier molecular flexibility index (Phi) is 3.76. The summed E-state index contributed by atoms with van der Waals surface area (Å²) in [4.78, 5) is 19.0. The number of hydrogen-bond donors (Lipinski definition) is 3. The highest BCUT2D eigenvalue weighted by atomic mass is 16.4. The lowest BCUT2D eigenvalue weighted by molar-refractivity contribution is 0.0695. The van der Waals surface area contributed by atoms with Crippen molar-refractivity contribution >= 4 is 11.9 Å². The van der Waals surface area contributed by atoms with Crippen molar-refractivity contribution in [2.24, 2.45) is 5.73 Å². The zero-order valence-electron chi connectivity index (χ0n) is 10.4. The molecule has 6 nitrogen and oxygen atoms in total. The minimum absolute atomic E-state index is 0.113. The van der Waals surface area contributed by atoms with Gasteiger partial charge >= 0.3 is 5.97 Å². The minimum Gasteiger partial charge on any atom is -0.478 e. The Morgan fingerprint density at radius 3 is 2.83 bits per heavy atom. The second-order valence-electron chi connectivity index (χ2n) is 4.70. The Morgan fingerprint density at radius 1 is 1.50 bits per heavy atom. The van der Waals surface area contributed by atoms with Crippen molar-refractivity contribution in [2.45, 2.75) is 44.7 Å². The van der Waals surface area contributed by atoms with E-state index in [0.717, 1.165) is 25.7 Å². The van der Waals surface area contributed by atoms with Gasteiger partial charge in [0.2, 0.25) is 5.95 Å². The van der Waals surface area contributed by atoms with E-state index < -0.39 is 5.97 Å². The predicted molar refractivity (Wildman–Crippen MR) is 67.6 cm³/mol. The predicted octanol–water partition coefficient (Wildman–Crippen LogP) is 1.17. The highest BCUT2D eigenvalue weighted by Crippen LogP contribution is 2.19. The number of nitrogens with one attached hydrogen (secondary N) is 1. The van der Waals surface area contributed by atoms with Crippen LogP contribution in [-0.2, 0) is 0 Å². The summed E-state index contributed by atoms with van der Waals surface area (Å²) in [7, 11) is 0. The summed E-state index contributed by atoms with van der Waals surface area (Å²) in [6.45, 7) is 1.66. The van der Waals surface area contributed by atoms with E-state index in [-0.39, 0.29) is 17.6 Å². The van der Waals surface area contributed by atoms with Crippen LogP contribution in [0.1, 0.15) is 41.7 Å². The molecule has 4 N–H and O–H groups in total. The second kappa shape index (κ2) is 5.30. The normalized spacial score (nSPS) is 23.7. The van der Waals surface area contributed by atoms with Crippen molar-refractivity contribution in [1.82, 2.24) is 9.97 Å². The third-order valence-electron chi connectivity index (χ3n) is 3.34. The molecule has 1 aromatic rings. The van der Waals surface area contributed by atoms with Crippen molar-refractivity contribution in [1.29, 1.82) is 0 Å². The first-order valence-corrected chi connectivity index (χ1v) is 6.17. The highest BCUT2D eigenvalue weighted by Gasteiger charge is 2.22. The Bertz CT molecular complexity index is 450. The molecule has 1 fully saturated rings. The number of carboxylic acids is 1. The van der Waals surface area contributed by atoms with Crippen LogP contribution in [0.3, 0.4) is 0 Å². The van der Waals surface area contributed by atoms with E-state index in [1.807, 2.05) is 0 Å². The van der Waals surface area contributed by atoms with E-state index >= 15 is 0 Å². The van der Waals surface area contributed by atoms with Crippen LogP contribution < -0.4 is 11.1 Å². The lowest BCUT2D eigenvalue weighted by Gasteiger charge is -2.29. The van der Waals surface area contributed by atoms with E-state index in [2.05, 4.69) is 15.3 Å². The van der Waals surface area contributed by atoms with E-state index in [1.165, 1.54) is 6.20 Å². The minimum atomic E-state index is -1.01. The van der Waals surface area contributed by atoms with Crippen LogP contribution in [0.5, 0.6) is 0 Å². The number of nitrogens with zero attached hydrogens (tertiary/aromatic N) is 2. The first kappa shape index (κ1) is 12.8. The fourth-order valence-electron chi connectivity index (χ4n) is 2.25. The highest BCUT2D eigenvalue weighted by molar-refractivity contribution is 5.88. The van der Waals surface area contributed by atoms with Crippen LogP contribution in [0, 0.1) is 6.92 Å². The second-order valence-corrected chi connectivity index (χ2v) is 4.70.